The van der Waals surface area contributed by atoms with Crippen molar-refractivity contribution in [2.24, 2.45) is 0 Å². The Kier molecular flexibility index (Phi) is 12.1. The number of hydrogen-bond acceptors (Lipinski definition) is 5. The fourth-order valence-electron chi connectivity index (χ4n) is 1.11. The van der Waals surface area contributed by atoms with Crippen LogP contribution in [0.2, 0.25) is 19.6 Å². The Hall–Kier alpha value is -0.583. The van der Waals surface area contributed by atoms with E-state index in [1.807, 2.05) is 0 Å². The van der Waals surface area contributed by atoms with Crippen molar-refractivity contribution in [2.75, 3.05) is 52.9 Å². The Labute approximate surface area is 117 Å². The molecule has 0 aliphatic heterocycles. The van der Waals surface area contributed by atoms with Gasteiger partial charge in [0.1, 0.15) is 12.7 Å². The quantitative estimate of drug-likeness (QED) is 0.292. The lowest BCUT2D eigenvalue weighted by atomic mass is 10.7. The molecule has 0 saturated heterocycles. The van der Waals surface area contributed by atoms with Gasteiger partial charge in [0, 0.05) is 0 Å². The lowest BCUT2D eigenvalue weighted by Gasteiger charge is -2.16. The fraction of sp³-hybridized carbons (Fsp3) is 0.846. The maximum atomic E-state index is 5.65. The Bertz CT molecular complexity index is 234. The maximum Gasteiger partial charge on any atom is 0.183 e. The van der Waals surface area contributed by atoms with Crippen LogP contribution in [0.3, 0.4) is 0 Å². The number of ether oxygens (including phenoxy) is 4. The molecule has 0 aliphatic carbocycles. The van der Waals surface area contributed by atoms with Gasteiger partial charge >= 0.3 is 0 Å². The monoisotopic (exact) mass is 290 g/mol. The van der Waals surface area contributed by atoms with Crippen molar-refractivity contribution < 1.29 is 23.4 Å². The molecule has 0 atom stereocenters. The number of hydrogen-bond donors (Lipinski definition) is 0. The Morgan fingerprint density at radius 2 is 1.16 bits per heavy atom. The smallest absolute Gasteiger partial charge is 0.183 e. The molecular formula is C13H26O5Si. The third-order valence-electron chi connectivity index (χ3n) is 1.92. The van der Waals surface area contributed by atoms with Crippen LogP contribution in [0.15, 0.2) is 0 Å². The predicted octanol–water partition coefficient (Wildman–Crippen LogP) is 1.49. The van der Waals surface area contributed by atoms with E-state index >= 15 is 0 Å². The Morgan fingerprint density at radius 3 is 1.58 bits per heavy atom. The molecule has 0 amide bonds. The summed E-state index contributed by atoms with van der Waals surface area (Å²) >= 11 is 0. The molecule has 0 radical (unpaired) electrons. The van der Waals surface area contributed by atoms with Crippen LogP contribution < -0.4 is 0 Å². The van der Waals surface area contributed by atoms with Crippen LogP contribution in [0.25, 0.3) is 0 Å². The summed E-state index contributed by atoms with van der Waals surface area (Å²) in [5.41, 5.74) is 0. The van der Waals surface area contributed by atoms with Crippen LogP contribution in [0.5, 0.6) is 0 Å². The normalized spacial score (nSPS) is 11.3. The summed E-state index contributed by atoms with van der Waals surface area (Å²) in [6.07, 6.45) is 6.99. The first-order valence-corrected chi connectivity index (χ1v) is 9.91. The molecule has 0 aromatic heterocycles. The fourth-order valence-corrected chi connectivity index (χ4v) is 1.80. The van der Waals surface area contributed by atoms with Crippen molar-refractivity contribution in [3.8, 4) is 12.5 Å². The van der Waals surface area contributed by atoms with E-state index in [0.717, 1.165) is 0 Å². The number of terminal acetylenes is 1. The molecule has 0 rings (SSSR count). The van der Waals surface area contributed by atoms with Crippen molar-refractivity contribution in [3.63, 3.8) is 0 Å². The topological polar surface area (TPSA) is 46.2 Å². The molecule has 0 spiro atoms. The highest BCUT2D eigenvalue weighted by Crippen LogP contribution is 2.01. The lowest BCUT2D eigenvalue weighted by molar-refractivity contribution is 0.00321. The van der Waals surface area contributed by atoms with Crippen LogP contribution in [0, 0.1) is 12.5 Å². The summed E-state index contributed by atoms with van der Waals surface area (Å²) in [5, 5.41) is 0. The van der Waals surface area contributed by atoms with Crippen LogP contribution in [0.4, 0.5) is 0 Å². The molecule has 112 valence electrons. The van der Waals surface area contributed by atoms with Gasteiger partial charge in [-0.3, -0.25) is 0 Å². The van der Waals surface area contributed by atoms with Gasteiger partial charge in [0.05, 0.1) is 46.2 Å². The van der Waals surface area contributed by atoms with Gasteiger partial charge in [0.25, 0.3) is 0 Å². The summed E-state index contributed by atoms with van der Waals surface area (Å²) in [5.74, 6) is 0. The molecular weight excluding hydrogens is 264 g/mol. The first-order valence-electron chi connectivity index (χ1n) is 6.51. The zero-order valence-electron chi connectivity index (χ0n) is 12.3. The summed E-state index contributed by atoms with van der Waals surface area (Å²) in [6.45, 7) is 10.9. The zero-order valence-corrected chi connectivity index (χ0v) is 13.3. The van der Waals surface area contributed by atoms with Crippen molar-refractivity contribution in [3.05, 3.63) is 0 Å². The van der Waals surface area contributed by atoms with E-state index in [2.05, 4.69) is 30.5 Å². The molecule has 0 aromatic carbocycles. The van der Waals surface area contributed by atoms with Gasteiger partial charge < -0.3 is 23.4 Å². The highest BCUT2D eigenvalue weighted by Gasteiger charge is 2.12. The number of rotatable bonds is 13. The molecule has 0 saturated carbocycles. The molecule has 19 heavy (non-hydrogen) atoms. The molecule has 0 unspecified atom stereocenters. The summed E-state index contributed by atoms with van der Waals surface area (Å²) in [4.78, 5) is 0. The zero-order chi connectivity index (χ0) is 14.4. The average molecular weight is 290 g/mol. The van der Waals surface area contributed by atoms with Gasteiger partial charge in [0.2, 0.25) is 0 Å². The summed E-state index contributed by atoms with van der Waals surface area (Å²) in [7, 11) is -1.41. The lowest BCUT2D eigenvalue weighted by Crippen LogP contribution is -2.27. The van der Waals surface area contributed by atoms with Gasteiger partial charge in [-0.05, 0) is 19.6 Å². The van der Waals surface area contributed by atoms with Gasteiger partial charge in [-0.25, -0.2) is 0 Å². The summed E-state index contributed by atoms with van der Waals surface area (Å²) in [6, 6.07) is 0. The Balaban J connectivity index is 3.02. The first-order chi connectivity index (χ1) is 9.06. The first kappa shape index (κ1) is 18.4. The van der Waals surface area contributed by atoms with Crippen LogP contribution in [0.1, 0.15) is 0 Å². The molecule has 0 aromatic rings. The molecule has 0 fully saturated rings. The largest absolute Gasteiger partial charge is 0.444 e. The second-order valence-corrected chi connectivity index (χ2v) is 9.28. The molecule has 0 heterocycles. The van der Waals surface area contributed by atoms with Crippen molar-refractivity contribution in [1.29, 1.82) is 0 Å². The van der Waals surface area contributed by atoms with Crippen LogP contribution >= 0.6 is 0 Å². The van der Waals surface area contributed by atoms with Gasteiger partial charge in [-0.2, -0.15) is 0 Å². The van der Waals surface area contributed by atoms with Crippen molar-refractivity contribution >= 4 is 8.32 Å². The van der Waals surface area contributed by atoms with E-state index in [0.29, 0.717) is 52.9 Å². The van der Waals surface area contributed by atoms with Crippen LogP contribution in [-0.2, 0) is 23.4 Å². The Morgan fingerprint density at radius 1 is 0.737 bits per heavy atom. The highest BCUT2D eigenvalue weighted by atomic mass is 28.4. The second-order valence-electron chi connectivity index (χ2n) is 4.76. The standard InChI is InChI=1S/C13H26O5Si/c1-5-14-6-7-15-8-9-16-10-11-17-12-13-18-19(2,3)4/h1H,6-13H2,2-4H3. The SMILES string of the molecule is C#COCCOCCOCCOCCO[Si](C)(C)C. The van der Waals surface area contributed by atoms with Crippen molar-refractivity contribution in [1.82, 2.24) is 0 Å². The minimum atomic E-state index is -1.41. The minimum Gasteiger partial charge on any atom is -0.444 e. The second kappa shape index (κ2) is 12.5. The van der Waals surface area contributed by atoms with E-state index in [9.17, 15) is 0 Å². The van der Waals surface area contributed by atoms with E-state index in [-0.39, 0.29) is 0 Å². The predicted molar refractivity (Wildman–Crippen MR) is 76.5 cm³/mol. The van der Waals surface area contributed by atoms with Gasteiger partial charge in [-0.15, -0.1) is 0 Å². The third-order valence-corrected chi connectivity index (χ3v) is 2.99. The van der Waals surface area contributed by atoms with E-state index in [1.54, 1.807) is 0 Å². The van der Waals surface area contributed by atoms with Gasteiger partial charge in [0.15, 0.2) is 8.32 Å². The average Bonchev–Trinajstić information content (AvgIpc) is 2.34. The molecule has 5 nitrogen and oxygen atoms in total. The molecule has 0 N–H and O–H groups in total. The van der Waals surface area contributed by atoms with Crippen LogP contribution in [-0.4, -0.2) is 61.2 Å². The van der Waals surface area contributed by atoms with E-state index in [1.165, 1.54) is 0 Å². The molecule has 0 bridgehead atoms. The maximum absolute atomic E-state index is 5.65. The van der Waals surface area contributed by atoms with Gasteiger partial charge in [-0.1, -0.05) is 6.42 Å². The van der Waals surface area contributed by atoms with Crippen molar-refractivity contribution in [2.45, 2.75) is 19.6 Å². The summed E-state index contributed by atoms with van der Waals surface area (Å²) < 4.78 is 26.2. The highest BCUT2D eigenvalue weighted by molar-refractivity contribution is 6.69. The van der Waals surface area contributed by atoms with E-state index < -0.39 is 8.32 Å². The minimum absolute atomic E-state index is 0.413. The van der Waals surface area contributed by atoms with E-state index in [4.69, 9.17) is 25.1 Å². The third kappa shape index (κ3) is 17.4. The molecule has 6 heteroatoms. The molecule has 0 aliphatic rings.